The van der Waals surface area contributed by atoms with Gasteiger partial charge in [0.05, 0.1) is 37.6 Å². The number of nitrogens with zero attached hydrogens (tertiary/aromatic N) is 3. The number of nitrogen functional groups attached to an aromatic ring is 1. The van der Waals surface area contributed by atoms with Crippen LogP contribution in [0, 0.1) is 5.82 Å². The van der Waals surface area contributed by atoms with Gasteiger partial charge in [0, 0.05) is 36.2 Å². The molecule has 0 spiro atoms. The number of aliphatic hydroxyl groups excluding tert-OH is 1. The predicted octanol–water partition coefficient (Wildman–Crippen LogP) is 3.44. The third kappa shape index (κ3) is 5.53. The minimum atomic E-state index is -0.707. The largest absolute Gasteiger partial charge is 0.394 e. The number of nitrogens with one attached hydrogen (secondary N) is 1. The Kier molecular flexibility index (Phi) is 7.49. The second-order valence-electron chi connectivity index (χ2n) is 7.96. The first kappa shape index (κ1) is 24.1. The summed E-state index contributed by atoms with van der Waals surface area (Å²) in [6, 6.07) is 14.4. The molecule has 180 valence electrons. The fourth-order valence-electron chi connectivity index (χ4n) is 3.71. The van der Waals surface area contributed by atoms with E-state index in [1.54, 1.807) is 54.5 Å². The van der Waals surface area contributed by atoms with Crippen molar-refractivity contribution >= 4 is 11.7 Å². The number of aromatic nitrogens is 3. The van der Waals surface area contributed by atoms with Crippen molar-refractivity contribution in [2.24, 2.45) is 0 Å². The predicted molar refractivity (Wildman–Crippen MR) is 131 cm³/mol. The minimum absolute atomic E-state index is 0.134. The van der Waals surface area contributed by atoms with Gasteiger partial charge >= 0.3 is 0 Å². The Balaban J connectivity index is 1.56. The van der Waals surface area contributed by atoms with E-state index in [0.29, 0.717) is 24.3 Å². The van der Waals surface area contributed by atoms with Gasteiger partial charge in [0.2, 0.25) is 0 Å². The topological polar surface area (TPSA) is 115 Å². The Morgan fingerprint density at radius 3 is 2.66 bits per heavy atom. The summed E-state index contributed by atoms with van der Waals surface area (Å²) in [6.07, 6.45) is 5.21. The first-order chi connectivity index (χ1) is 17.0. The highest BCUT2D eigenvalue weighted by Gasteiger charge is 2.19. The number of carbonyl (C=O) groups excluding carboxylic acids is 1. The molecule has 0 saturated carbocycles. The normalized spacial score (nSPS) is 11.9. The van der Waals surface area contributed by atoms with Crippen LogP contribution in [-0.2, 0) is 11.3 Å². The third-order valence-electron chi connectivity index (χ3n) is 5.62. The van der Waals surface area contributed by atoms with Gasteiger partial charge < -0.3 is 20.9 Å². The molecule has 8 nitrogen and oxygen atoms in total. The van der Waals surface area contributed by atoms with Crippen LogP contribution in [0.15, 0.2) is 73.2 Å². The van der Waals surface area contributed by atoms with E-state index >= 15 is 4.39 Å². The summed E-state index contributed by atoms with van der Waals surface area (Å²) in [5.74, 6) is -1.09. The SMILES string of the molecule is COCCn1cc(-c2cnc(N)c(-c3ccc(C(=O)NC(CO)c4ccccc4)c(F)c3)c2)cn1. The highest BCUT2D eigenvalue weighted by molar-refractivity contribution is 5.95. The van der Waals surface area contributed by atoms with Crippen LogP contribution >= 0.6 is 0 Å². The number of anilines is 1. The molecule has 35 heavy (non-hydrogen) atoms. The van der Waals surface area contributed by atoms with Crippen molar-refractivity contribution in [3.05, 3.63) is 90.1 Å². The highest BCUT2D eigenvalue weighted by Crippen LogP contribution is 2.30. The second-order valence-corrected chi connectivity index (χ2v) is 7.96. The van der Waals surface area contributed by atoms with E-state index in [1.807, 2.05) is 18.3 Å². The Morgan fingerprint density at radius 2 is 1.94 bits per heavy atom. The van der Waals surface area contributed by atoms with Gasteiger partial charge in [-0.1, -0.05) is 36.4 Å². The van der Waals surface area contributed by atoms with E-state index in [-0.39, 0.29) is 18.0 Å². The maximum absolute atomic E-state index is 15.0. The van der Waals surface area contributed by atoms with Gasteiger partial charge in [-0.15, -0.1) is 0 Å². The third-order valence-corrected chi connectivity index (χ3v) is 5.62. The van der Waals surface area contributed by atoms with Gasteiger partial charge in [0.15, 0.2) is 0 Å². The lowest BCUT2D eigenvalue weighted by molar-refractivity contribution is 0.0912. The number of hydrogen-bond acceptors (Lipinski definition) is 6. The first-order valence-electron chi connectivity index (χ1n) is 11.0. The molecule has 0 radical (unpaired) electrons. The van der Waals surface area contributed by atoms with E-state index in [2.05, 4.69) is 15.4 Å². The number of ether oxygens (including phenoxy) is 1. The van der Waals surface area contributed by atoms with Crippen molar-refractivity contribution in [2.45, 2.75) is 12.6 Å². The number of methoxy groups -OCH3 is 1. The number of nitrogens with two attached hydrogens (primary N) is 1. The molecule has 0 bridgehead atoms. The molecule has 1 amide bonds. The molecule has 0 fully saturated rings. The van der Waals surface area contributed by atoms with Crippen LogP contribution in [0.4, 0.5) is 10.2 Å². The van der Waals surface area contributed by atoms with E-state index in [0.717, 1.165) is 16.7 Å². The molecule has 2 aromatic heterocycles. The summed E-state index contributed by atoms with van der Waals surface area (Å²) in [5, 5.41) is 16.7. The zero-order valence-electron chi connectivity index (χ0n) is 19.2. The van der Waals surface area contributed by atoms with Gasteiger partial charge in [-0.25, -0.2) is 9.37 Å². The smallest absolute Gasteiger partial charge is 0.254 e. The van der Waals surface area contributed by atoms with Gasteiger partial charge in [-0.3, -0.25) is 9.48 Å². The van der Waals surface area contributed by atoms with Gasteiger partial charge in [-0.05, 0) is 29.3 Å². The van der Waals surface area contributed by atoms with Crippen LogP contribution in [0.3, 0.4) is 0 Å². The first-order valence-corrected chi connectivity index (χ1v) is 11.0. The summed E-state index contributed by atoms with van der Waals surface area (Å²) < 4.78 is 21.8. The number of benzene rings is 2. The van der Waals surface area contributed by atoms with Crippen molar-refractivity contribution in [1.82, 2.24) is 20.1 Å². The molecule has 0 aliphatic rings. The van der Waals surface area contributed by atoms with Crippen LogP contribution in [0.25, 0.3) is 22.3 Å². The molecule has 1 unspecified atom stereocenters. The monoisotopic (exact) mass is 475 g/mol. The molecular formula is C26H26FN5O3. The fraction of sp³-hybridized carbons (Fsp3) is 0.192. The van der Waals surface area contributed by atoms with Crippen LogP contribution in [0.1, 0.15) is 22.0 Å². The molecule has 2 heterocycles. The quantitative estimate of drug-likeness (QED) is 0.342. The fourth-order valence-corrected chi connectivity index (χ4v) is 3.71. The molecule has 0 aliphatic heterocycles. The number of carbonyl (C=O) groups is 1. The Bertz CT molecular complexity index is 1310. The van der Waals surface area contributed by atoms with Gasteiger partial charge in [0.1, 0.15) is 11.6 Å². The Morgan fingerprint density at radius 1 is 1.14 bits per heavy atom. The molecule has 4 rings (SSSR count). The summed E-state index contributed by atoms with van der Waals surface area (Å²) >= 11 is 0. The molecule has 4 aromatic rings. The van der Waals surface area contributed by atoms with E-state index in [1.165, 1.54) is 12.1 Å². The van der Waals surface area contributed by atoms with Crippen LogP contribution in [-0.4, -0.2) is 46.1 Å². The van der Waals surface area contributed by atoms with Crippen molar-refractivity contribution in [2.75, 3.05) is 26.1 Å². The van der Waals surface area contributed by atoms with Crippen LogP contribution < -0.4 is 11.1 Å². The lowest BCUT2D eigenvalue weighted by atomic mass is 10.0. The average Bonchev–Trinajstić information content (AvgIpc) is 3.35. The number of pyridine rings is 1. The van der Waals surface area contributed by atoms with Crippen molar-refractivity contribution in [3.8, 4) is 22.3 Å². The molecule has 1 atom stereocenters. The molecule has 0 aliphatic carbocycles. The Labute approximate surface area is 202 Å². The molecule has 4 N–H and O–H groups in total. The van der Waals surface area contributed by atoms with Gasteiger partial charge in [-0.2, -0.15) is 5.10 Å². The standard InChI is InChI=1S/C26H26FN5O3/c1-35-10-9-32-15-20(14-30-32)19-11-22(25(28)29-13-19)18-7-8-21(23(27)12-18)26(34)31-24(16-33)17-5-3-2-4-6-17/h2-8,11-15,24,33H,9-10,16H2,1H3,(H2,28,29)(H,31,34). The zero-order chi connectivity index (χ0) is 24.8. The van der Waals surface area contributed by atoms with Crippen LogP contribution in [0.5, 0.6) is 0 Å². The van der Waals surface area contributed by atoms with Crippen molar-refractivity contribution in [1.29, 1.82) is 0 Å². The molecule has 2 aromatic carbocycles. The van der Waals surface area contributed by atoms with Crippen molar-refractivity contribution < 1.29 is 19.0 Å². The van der Waals surface area contributed by atoms with Crippen LogP contribution in [0.2, 0.25) is 0 Å². The second kappa shape index (κ2) is 10.9. The summed E-state index contributed by atoms with van der Waals surface area (Å²) in [7, 11) is 1.63. The summed E-state index contributed by atoms with van der Waals surface area (Å²) in [6.45, 7) is 0.838. The molecule has 0 saturated heterocycles. The lowest BCUT2D eigenvalue weighted by Crippen LogP contribution is -2.31. The Hall–Kier alpha value is -4.08. The lowest BCUT2D eigenvalue weighted by Gasteiger charge is -2.17. The maximum Gasteiger partial charge on any atom is 0.254 e. The molecular weight excluding hydrogens is 449 g/mol. The minimum Gasteiger partial charge on any atom is -0.394 e. The van der Waals surface area contributed by atoms with Crippen molar-refractivity contribution in [3.63, 3.8) is 0 Å². The summed E-state index contributed by atoms with van der Waals surface area (Å²) in [5.41, 5.74) is 9.31. The molecule has 9 heteroatoms. The number of rotatable bonds is 9. The maximum atomic E-state index is 15.0. The number of amides is 1. The van der Waals surface area contributed by atoms with E-state index in [9.17, 15) is 9.90 Å². The number of aliphatic hydroxyl groups is 1. The van der Waals surface area contributed by atoms with E-state index in [4.69, 9.17) is 10.5 Å². The zero-order valence-corrected chi connectivity index (χ0v) is 19.2. The summed E-state index contributed by atoms with van der Waals surface area (Å²) in [4.78, 5) is 17.0. The number of halogens is 1. The average molecular weight is 476 g/mol. The highest BCUT2D eigenvalue weighted by atomic mass is 19.1. The number of hydrogen-bond donors (Lipinski definition) is 3. The van der Waals surface area contributed by atoms with E-state index < -0.39 is 17.8 Å². The van der Waals surface area contributed by atoms with Gasteiger partial charge in [0.25, 0.3) is 5.91 Å².